The quantitative estimate of drug-likeness (QED) is 0.599. The number of benzene rings is 2. The van der Waals surface area contributed by atoms with Gasteiger partial charge in [0.2, 0.25) is 0 Å². The van der Waals surface area contributed by atoms with Crippen molar-refractivity contribution in [3.63, 3.8) is 0 Å². The first-order valence-electron chi connectivity index (χ1n) is 10.6. The first-order chi connectivity index (χ1) is 13.8. The maximum absolute atomic E-state index is 6.04. The fraction of sp³-hybridized carbons (Fsp3) is 0.500. The molecule has 0 amide bonds. The number of methoxy groups -OCH3 is 1. The molecule has 3 rings (SSSR count). The van der Waals surface area contributed by atoms with E-state index in [1.807, 2.05) is 18.2 Å². The third kappa shape index (κ3) is 5.73. The van der Waals surface area contributed by atoms with Crippen LogP contribution in [0, 0.1) is 0 Å². The van der Waals surface area contributed by atoms with Crippen molar-refractivity contribution in [2.45, 2.75) is 45.3 Å². The summed E-state index contributed by atoms with van der Waals surface area (Å²) in [5.41, 5.74) is 2.49. The Hall–Kier alpha value is -2.04. The number of nitrogens with zero attached hydrogens (tertiary/aromatic N) is 1. The van der Waals surface area contributed by atoms with E-state index in [4.69, 9.17) is 9.47 Å². The third-order valence-electron chi connectivity index (χ3n) is 5.48. The Labute approximate surface area is 169 Å². The van der Waals surface area contributed by atoms with Crippen LogP contribution in [0.25, 0.3) is 0 Å². The normalized spacial score (nSPS) is 15.9. The van der Waals surface area contributed by atoms with Crippen LogP contribution in [0.15, 0.2) is 48.5 Å². The lowest BCUT2D eigenvalue weighted by Gasteiger charge is -2.35. The zero-order valence-electron chi connectivity index (χ0n) is 17.3. The van der Waals surface area contributed by atoms with Crippen LogP contribution in [0.3, 0.4) is 0 Å². The highest BCUT2D eigenvalue weighted by atomic mass is 16.5. The number of rotatable bonds is 10. The van der Waals surface area contributed by atoms with E-state index in [0.29, 0.717) is 12.6 Å². The molecule has 28 heavy (non-hydrogen) atoms. The summed E-state index contributed by atoms with van der Waals surface area (Å²) in [5.74, 6) is 1.63. The van der Waals surface area contributed by atoms with E-state index in [2.05, 4.69) is 47.5 Å². The molecule has 0 saturated carbocycles. The minimum absolute atomic E-state index is 0.450. The van der Waals surface area contributed by atoms with Crippen LogP contribution < -0.4 is 14.8 Å². The summed E-state index contributed by atoms with van der Waals surface area (Å²) in [6, 6.07) is 17.2. The van der Waals surface area contributed by atoms with Gasteiger partial charge in [-0.05, 0) is 29.7 Å². The summed E-state index contributed by atoms with van der Waals surface area (Å²) in [7, 11) is 1.73. The Balaban J connectivity index is 1.74. The highest BCUT2D eigenvalue weighted by Gasteiger charge is 2.23. The molecule has 0 aromatic heterocycles. The van der Waals surface area contributed by atoms with Gasteiger partial charge in [-0.15, -0.1) is 0 Å². The maximum Gasteiger partial charge on any atom is 0.161 e. The molecule has 4 nitrogen and oxygen atoms in total. The first kappa shape index (κ1) is 20.7. The molecule has 1 N–H and O–H groups in total. The van der Waals surface area contributed by atoms with Crippen molar-refractivity contribution in [1.29, 1.82) is 0 Å². The van der Waals surface area contributed by atoms with Gasteiger partial charge in [-0.3, -0.25) is 4.90 Å². The standard InChI is InChI=1S/C24H34N2O2/c1-3-4-6-11-22(26-16-14-25-15-17-26)21-12-13-23(24(18-21)27-2)28-19-20-9-7-5-8-10-20/h5,7-10,12-13,18,22,25H,3-4,6,11,14-17,19H2,1-2H3/t22-/m1/s1. The van der Waals surface area contributed by atoms with Crippen molar-refractivity contribution < 1.29 is 9.47 Å². The molecule has 0 bridgehead atoms. The topological polar surface area (TPSA) is 33.7 Å². The Morgan fingerprint density at radius 2 is 1.79 bits per heavy atom. The molecule has 152 valence electrons. The summed E-state index contributed by atoms with van der Waals surface area (Å²) in [6.07, 6.45) is 5.00. The molecule has 1 heterocycles. The zero-order valence-corrected chi connectivity index (χ0v) is 17.3. The van der Waals surface area contributed by atoms with E-state index in [1.165, 1.54) is 31.2 Å². The van der Waals surface area contributed by atoms with Gasteiger partial charge in [0.15, 0.2) is 11.5 Å². The van der Waals surface area contributed by atoms with Crippen LogP contribution in [-0.2, 0) is 6.61 Å². The number of nitrogens with one attached hydrogen (secondary N) is 1. The molecule has 0 aliphatic carbocycles. The van der Waals surface area contributed by atoms with Gasteiger partial charge in [-0.2, -0.15) is 0 Å². The minimum atomic E-state index is 0.450. The molecule has 0 spiro atoms. The lowest BCUT2D eigenvalue weighted by molar-refractivity contribution is 0.162. The van der Waals surface area contributed by atoms with Gasteiger partial charge in [0.1, 0.15) is 6.61 Å². The predicted octanol–water partition coefficient (Wildman–Crippen LogP) is 4.80. The van der Waals surface area contributed by atoms with Crippen LogP contribution >= 0.6 is 0 Å². The summed E-state index contributed by atoms with van der Waals surface area (Å²) >= 11 is 0. The van der Waals surface area contributed by atoms with Crippen LogP contribution in [0.2, 0.25) is 0 Å². The van der Waals surface area contributed by atoms with Gasteiger partial charge >= 0.3 is 0 Å². The van der Waals surface area contributed by atoms with E-state index < -0.39 is 0 Å². The van der Waals surface area contributed by atoms with Gasteiger partial charge in [0.05, 0.1) is 7.11 Å². The van der Waals surface area contributed by atoms with Crippen molar-refractivity contribution >= 4 is 0 Å². The smallest absolute Gasteiger partial charge is 0.161 e. The number of hydrogen-bond donors (Lipinski definition) is 1. The minimum Gasteiger partial charge on any atom is -0.493 e. The Morgan fingerprint density at radius 1 is 1.00 bits per heavy atom. The number of ether oxygens (including phenoxy) is 2. The van der Waals surface area contributed by atoms with Gasteiger partial charge in [-0.25, -0.2) is 0 Å². The van der Waals surface area contributed by atoms with Crippen molar-refractivity contribution in [3.8, 4) is 11.5 Å². The maximum atomic E-state index is 6.04. The van der Waals surface area contributed by atoms with Gasteiger partial charge in [-0.1, -0.05) is 62.6 Å². The highest BCUT2D eigenvalue weighted by molar-refractivity contribution is 5.44. The number of piperazine rings is 1. The second-order valence-electron chi connectivity index (χ2n) is 7.48. The summed E-state index contributed by atoms with van der Waals surface area (Å²) in [4.78, 5) is 2.62. The third-order valence-corrected chi connectivity index (χ3v) is 5.48. The monoisotopic (exact) mass is 382 g/mol. The molecule has 1 atom stereocenters. The molecular formula is C24H34N2O2. The molecule has 0 radical (unpaired) electrons. The fourth-order valence-corrected chi connectivity index (χ4v) is 3.89. The molecule has 2 aromatic rings. The average Bonchev–Trinajstić information content (AvgIpc) is 2.76. The van der Waals surface area contributed by atoms with Crippen LogP contribution in [-0.4, -0.2) is 38.2 Å². The fourth-order valence-electron chi connectivity index (χ4n) is 3.89. The SMILES string of the molecule is CCCCC[C@H](c1ccc(OCc2ccccc2)c(OC)c1)N1CCNCC1. The highest BCUT2D eigenvalue weighted by Crippen LogP contribution is 2.35. The van der Waals surface area contributed by atoms with Crippen molar-refractivity contribution in [1.82, 2.24) is 10.2 Å². The Morgan fingerprint density at radius 3 is 2.50 bits per heavy atom. The van der Waals surface area contributed by atoms with Crippen molar-refractivity contribution in [3.05, 3.63) is 59.7 Å². The van der Waals surface area contributed by atoms with Gasteiger partial charge < -0.3 is 14.8 Å². The predicted molar refractivity (Wildman–Crippen MR) is 115 cm³/mol. The molecule has 1 aliphatic heterocycles. The second-order valence-corrected chi connectivity index (χ2v) is 7.48. The molecular weight excluding hydrogens is 348 g/mol. The molecule has 1 fully saturated rings. The molecule has 1 saturated heterocycles. The first-order valence-corrected chi connectivity index (χ1v) is 10.6. The number of unbranched alkanes of at least 4 members (excludes halogenated alkanes) is 2. The van der Waals surface area contributed by atoms with Gasteiger partial charge in [0.25, 0.3) is 0 Å². The van der Waals surface area contributed by atoms with E-state index in [0.717, 1.165) is 43.2 Å². The molecule has 0 unspecified atom stereocenters. The largest absolute Gasteiger partial charge is 0.493 e. The van der Waals surface area contributed by atoms with Crippen LogP contribution in [0.1, 0.15) is 49.8 Å². The summed E-state index contributed by atoms with van der Waals surface area (Å²) in [5, 5.41) is 3.47. The Kier molecular flexibility index (Phi) is 8.19. The van der Waals surface area contributed by atoms with Gasteiger partial charge in [0, 0.05) is 32.2 Å². The van der Waals surface area contributed by atoms with Crippen molar-refractivity contribution in [2.24, 2.45) is 0 Å². The van der Waals surface area contributed by atoms with Crippen LogP contribution in [0.4, 0.5) is 0 Å². The molecule has 4 heteroatoms. The molecule has 1 aliphatic rings. The van der Waals surface area contributed by atoms with Crippen molar-refractivity contribution in [2.75, 3.05) is 33.3 Å². The zero-order chi connectivity index (χ0) is 19.6. The van der Waals surface area contributed by atoms with E-state index >= 15 is 0 Å². The van der Waals surface area contributed by atoms with E-state index in [1.54, 1.807) is 7.11 Å². The number of hydrogen-bond acceptors (Lipinski definition) is 4. The summed E-state index contributed by atoms with van der Waals surface area (Å²) in [6.45, 7) is 7.16. The average molecular weight is 383 g/mol. The lowest BCUT2D eigenvalue weighted by atomic mass is 9.97. The summed E-state index contributed by atoms with van der Waals surface area (Å²) < 4.78 is 11.7. The van der Waals surface area contributed by atoms with E-state index in [9.17, 15) is 0 Å². The lowest BCUT2D eigenvalue weighted by Crippen LogP contribution is -2.45. The molecule has 2 aromatic carbocycles. The van der Waals surface area contributed by atoms with Crippen LogP contribution in [0.5, 0.6) is 11.5 Å². The second kappa shape index (κ2) is 11.1. The Bertz CT molecular complexity index is 699. The van der Waals surface area contributed by atoms with E-state index in [-0.39, 0.29) is 0 Å².